The first-order chi connectivity index (χ1) is 11.8. The van der Waals surface area contributed by atoms with Gasteiger partial charge in [-0.1, -0.05) is 13.8 Å². The van der Waals surface area contributed by atoms with Crippen LogP contribution in [0, 0.1) is 0 Å². The van der Waals surface area contributed by atoms with Crippen molar-refractivity contribution < 1.29 is 0 Å². The number of nitrogens with one attached hydrogen (secondary N) is 2. The van der Waals surface area contributed by atoms with Gasteiger partial charge in [0.05, 0.1) is 17.2 Å². The Kier molecular flexibility index (Phi) is 13.5. The van der Waals surface area contributed by atoms with Gasteiger partial charge >= 0.3 is 0 Å². The van der Waals surface area contributed by atoms with Gasteiger partial charge in [0, 0.05) is 49.4 Å². The Morgan fingerprint density at radius 2 is 1.81 bits per heavy atom. The molecule has 0 fully saturated rings. The summed E-state index contributed by atoms with van der Waals surface area (Å²) in [5.41, 5.74) is 1.17. The predicted octanol–water partition coefficient (Wildman–Crippen LogP) is 4.10. The van der Waals surface area contributed by atoms with Crippen molar-refractivity contribution in [3.05, 3.63) is 16.1 Å². The highest BCUT2D eigenvalue weighted by atomic mass is 127. The maximum Gasteiger partial charge on any atom is 0.191 e. The Bertz CT molecular complexity index is 506. The molecule has 0 saturated heterocycles. The first kappa shape index (κ1) is 25.6. The van der Waals surface area contributed by atoms with Crippen LogP contribution in [0.25, 0.3) is 0 Å². The summed E-state index contributed by atoms with van der Waals surface area (Å²) < 4.78 is 0. The fourth-order valence-electron chi connectivity index (χ4n) is 2.74. The van der Waals surface area contributed by atoms with Crippen molar-refractivity contribution in [1.82, 2.24) is 20.5 Å². The van der Waals surface area contributed by atoms with E-state index in [1.807, 2.05) is 0 Å². The van der Waals surface area contributed by atoms with Crippen LogP contribution in [0.4, 0.5) is 0 Å². The van der Waals surface area contributed by atoms with Gasteiger partial charge in [-0.3, -0.25) is 9.89 Å². The van der Waals surface area contributed by atoms with E-state index in [0.29, 0.717) is 18.0 Å². The molecule has 1 aromatic rings. The average Bonchev–Trinajstić information content (AvgIpc) is 2.99. The lowest BCUT2D eigenvalue weighted by atomic mass is 10.2. The van der Waals surface area contributed by atoms with Crippen molar-refractivity contribution in [2.45, 2.75) is 72.9 Å². The summed E-state index contributed by atoms with van der Waals surface area (Å²) in [6.07, 6.45) is 0.928. The number of aliphatic imine (C=N–C) groups is 1. The van der Waals surface area contributed by atoms with Crippen LogP contribution in [0.15, 0.2) is 10.4 Å². The van der Waals surface area contributed by atoms with Crippen LogP contribution >= 0.6 is 35.3 Å². The van der Waals surface area contributed by atoms with E-state index in [1.54, 1.807) is 11.3 Å². The topological polar surface area (TPSA) is 52.6 Å². The number of rotatable bonds is 10. The van der Waals surface area contributed by atoms with E-state index in [0.717, 1.165) is 38.6 Å². The summed E-state index contributed by atoms with van der Waals surface area (Å²) in [5.74, 6) is 1.41. The molecule has 0 aliphatic heterocycles. The number of hydrogen-bond donors (Lipinski definition) is 2. The quantitative estimate of drug-likeness (QED) is 0.292. The normalized spacial score (nSPS) is 12.2. The lowest BCUT2D eigenvalue weighted by molar-refractivity contribution is 0.181. The molecule has 2 N–H and O–H groups in total. The molecule has 0 radical (unpaired) electrons. The molecule has 1 rings (SSSR count). The van der Waals surface area contributed by atoms with E-state index in [-0.39, 0.29) is 24.0 Å². The van der Waals surface area contributed by atoms with Crippen molar-refractivity contribution in [2.24, 2.45) is 4.99 Å². The fourth-order valence-corrected chi connectivity index (χ4v) is 3.61. The maximum absolute atomic E-state index is 4.72. The molecule has 0 amide bonds. The van der Waals surface area contributed by atoms with Crippen LogP contribution in [0.5, 0.6) is 0 Å². The molecule has 0 aliphatic rings. The van der Waals surface area contributed by atoms with E-state index in [9.17, 15) is 0 Å². The minimum atomic E-state index is 0. The van der Waals surface area contributed by atoms with Gasteiger partial charge in [-0.25, -0.2) is 4.98 Å². The second-order valence-corrected chi connectivity index (χ2v) is 8.08. The Labute approximate surface area is 181 Å². The molecular formula is C19H38IN5S. The number of hydrogen-bond acceptors (Lipinski definition) is 4. The zero-order chi connectivity index (χ0) is 18.8. The van der Waals surface area contributed by atoms with Gasteiger partial charge in [-0.2, -0.15) is 0 Å². The lowest BCUT2D eigenvalue weighted by Crippen LogP contribution is -2.41. The fraction of sp³-hybridized carbons (Fsp3) is 0.789. The summed E-state index contributed by atoms with van der Waals surface area (Å²) in [7, 11) is 0. The second-order valence-electron chi connectivity index (χ2n) is 7.19. The third-order valence-electron chi connectivity index (χ3n) is 4.04. The minimum Gasteiger partial charge on any atom is -0.357 e. The summed E-state index contributed by atoms with van der Waals surface area (Å²) in [4.78, 5) is 11.9. The third kappa shape index (κ3) is 9.50. The van der Waals surface area contributed by atoms with E-state index >= 15 is 0 Å². The maximum atomic E-state index is 4.72. The molecule has 0 saturated carbocycles. The van der Waals surface area contributed by atoms with Gasteiger partial charge in [0.15, 0.2) is 5.96 Å². The molecule has 5 nitrogen and oxygen atoms in total. The van der Waals surface area contributed by atoms with Crippen molar-refractivity contribution in [1.29, 1.82) is 0 Å². The molecule has 0 aliphatic carbocycles. The van der Waals surface area contributed by atoms with Crippen LogP contribution in [0.3, 0.4) is 0 Å². The zero-order valence-electron chi connectivity index (χ0n) is 17.5. The summed E-state index contributed by atoms with van der Waals surface area (Å²) >= 11 is 1.76. The number of nitrogens with zero attached hydrogens (tertiary/aromatic N) is 3. The van der Waals surface area contributed by atoms with E-state index in [4.69, 9.17) is 4.99 Å². The van der Waals surface area contributed by atoms with Crippen LogP contribution in [-0.4, -0.2) is 54.1 Å². The van der Waals surface area contributed by atoms with Gasteiger partial charge in [-0.15, -0.1) is 35.3 Å². The molecule has 26 heavy (non-hydrogen) atoms. The average molecular weight is 496 g/mol. The van der Waals surface area contributed by atoms with E-state index in [2.05, 4.69) is 74.4 Å². The minimum absolute atomic E-state index is 0. The largest absolute Gasteiger partial charge is 0.357 e. The number of halogens is 1. The van der Waals surface area contributed by atoms with Gasteiger partial charge in [0.25, 0.3) is 0 Å². The smallest absolute Gasteiger partial charge is 0.191 e. The number of thiazole rings is 1. The molecule has 0 atom stereocenters. The molecule has 152 valence electrons. The highest BCUT2D eigenvalue weighted by Gasteiger charge is 2.12. The Balaban J connectivity index is 0.00000625. The molecule has 0 unspecified atom stereocenters. The molecule has 1 heterocycles. The van der Waals surface area contributed by atoms with Crippen LogP contribution < -0.4 is 10.6 Å². The highest BCUT2D eigenvalue weighted by Crippen LogP contribution is 2.19. The Morgan fingerprint density at radius 3 is 2.31 bits per heavy atom. The number of aromatic nitrogens is 1. The zero-order valence-corrected chi connectivity index (χ0v) is 20.6. The second kappa shape index (κ2) is 13.7. The van der Waals surface area contributed by atoms with Gasteiger partial charge in [0.2, 0.25) is 0 Å². The van der Waals surface area contributed by atoms with E-state index in [1.165, 1.54) is 10.7 Å². The van der Waals surface area contributed by atoms with Crippen LogP contribution in [0.2, 0.25) is 0 Å². The number of guanidine groups is 1. The van der Waals surface area contributed by atoms with Gasteiger partial charge in [0.1, 0.15) is 0 Å². The third-order valence-corrected chi connectivity index (χ3v) is 5.23. The van der Waals surface area contributed by atoms with Crippen LogP contribution in [-0.2, 0) is 6.42 Å². The monoisotopic (exact) mass is 495 g/mol. The predicted molar refractivity (Wildman–Crippen MR) is 126 cm³/mol. The van der Waals surface area contributed by atoms with Gasteiger partial charge < -0.3 is 10.6 Å². The van der Waals surface area contributed by atoms with Crippen molar-refractivity contribution in [3.63, 3.8) is 0 Å². The van der Waals surface area contributed by atoms with Crippen LogP contribution in [0.1, 0.15) is 65.1 Å². The van der Waals surface area contributed by atoms with Crippen molar-refractivity contribution >= 4 is 41.3 Å². The Hall–Kier alpha value is -0.410. The van der Waals surface area contributed by atoms with Gasteiger partial charge in [-0.05, 0) is 34.6 Å². The van der Waals surface area contributed by atoms with E-state index < -0.39 is 0 Å². The molecule has 0 bridgehead atoms. The highest BCUT2D eigenvalue weighted by molar-refractivity contribution is 14.0. The Morgan fingerprint density at radius 1 is 1.15 bits per heavy atom. The molecule has 0 aromatic carbocycles. The first-order valence-corrected chi connectivity index (χ1v) is 10.4. The van der Waals surface area contributed by atoms with Crippen molar-refractivity contribution in [2.75, 3.05) is 26.2 Å². The summed E-state index contributed by atoms with van der Waals surface area (Å²) in [5, 5.41) is 10.1. The standard InChI is InChI=1S/C19H37N5S.HI/c1-8-20-19(22-11-12-24(15(4)5)16(6)7)21-10-9-17-13-25-18(23-17)14(2)3;/h13-16H,8-12H2,1-7H3,(H2,20,21,22);1H. The summed E-state index contributed by atoms with van der Waals surface area (Å²) in [6, 6.07) is 1.09. The molecular weight excluding hydrogens is 457 g/mol. The molecule has 7 heteroatoms. The molecule has 0 spiro atoms. The lowest BCUT2D eigenvalue weighted by Gasteiger charge is -2.29. The SMILES string of the molecule is CCNC(=NCCN(C(C)C)C(C)C)NCCc1csc(C(C)C)n1.I. The summed E-state index contributed by atoms with van der Waals surface area (Å²) in [6.45, 7) is 19.0. The molecule has 1 aromatic heterocycles. The van der Waals surface area contributed by atoms with Crippen molar-refractivity contribution in [3.8, 4) is 0 Å². The first-order valence-electron chi connectivity index (χ1n) is 9.57.